The zero-order chi connectivity index (χ0) is 13.2. The van der Waals surface area contributed by atoms with E-state index in [2.05, 4.69) is 20.4 Å². The fourth-order valence-corrected chi connectivity index (χ4v) is 2.89. The van der Waals surface area contributed by atoms with Gasteiger partial charge in [-0.2, -0.15) is 0 Å². The average Bonchev–Trinajstić information content (AvgIpc) is 2.74. The van der Waals surface area contributed by atoms with Crippen LogP contribution in [0.25, 0.3) is 0 Å². The van der Waals surface area contributed by atoms with Gasteiger partial charge in [0, 0.05) is 32.2 Å². The lowest BCUT2D eigenvalue weighted by atomic mass is 10.1. The Balaban J connectivity index is 1.46. The van der Waals surface area contributed by atoms with Gasteiger partial charge < -0.3 is 9.64 Å². The smallest absolute Gasteiger partial charge is 0.323 e. The summed E-state index contributed by atoms with van der Waals surface area (Å²) in [4.78, 5) is 16.1. The highest BCUT2D eigenvalue weighted by atomic mass is 32.1. The molecule has 0 spiro atoms. The molecule has 19 heavy (non-hydrogen) atoms. The number of hydrogen-bond acceptors (Lipinski definition) is 6. The third-order valence-electron chi connectivity index (χ3n) is 3.45. The van der Waals surface area contributed by atoms with Gasteiger partial charge in [-0.15, -0.1) is 10.2 Å². The van der Waals surface area contributed by atoms with Crippen molar-refractivity contribution < 1.29 is 9.53 Å². The molecule has 0 atom stereocenters. The van der Waals surface area contributed by atoms with Crippen LogP contribution in [-0.2, 0) is 4.74 Å². The number of aryl methyl sites for hydroxylation is 1. The van der Waals surface area contributed by atoms with E-state index in [1.54, 1.807) is 4.90 Å². The first kappa shape index (κ1) is 12.8. The van der Waals surface area contributed by atoms with Gasteiger partial charge in [0.25, 0.3) is 0 Å². The quantitative estimate of drug-likeness (QED) is 0.850. The van der Waals surface area contributed by atoms with Gasteiger partial charge in [0.1, 0.15) is 5.01 Å². The van der Waals surface area contributed by atoms with Gasteiger partial charge in [-0.25, -0.2) is 4.79 Å². The van der Waals surface area contributed by atoms with Crippen LogP contribution in [0.4, 0.5) is 9.93 Å². The Morgan fingerprint density at radius 3 is 2.74 bits per heavy atom. The highest BCUT2D eigenvalue weighted by Crippen LogP contribution is 2.19. The summed E-state index contributed by atoms with van der Waals surface area (Å²) in [6.45, 7) is 6.96. The largest absolute Gasteiger partial charge is 0.379 e. The highest BCUT2D eigenvalue weighted by molar-refractivity contribution is 7.15. The fraction of sp³-hybridized carbons (Fsp3) is 0.727. The van der Waals surface area contributed by atoms with Crippen molar-refractivity contribution in [3.05, 3.63) is 5.01 Å². The third-order valence-corrected chi connectivity index (χ3v) is 4.21. The summed E-state index contributed by atoms with van der Waals surface area (Å²) in [5.74, 6) is 0. The maximum atomic E-state index is 11.9. The minimum Gasteiger partial charge on any atom is -0.379 e. The Bertz CT molecular complexity index is 454. The number of morpholine rings is 1. The van der Waals surface area contributed by atoms with Gasteiger partial charge in [0.05, 0.1) is 13.2 Å². The molecule has 3 heterocycles. The normalized spacial score (nSPS) is 21.2. The Hall–Kier alpha value is -1.25. The minimum absolute atomic E-state index is 0.0827. The molecule has 2 saturated heterocycles. The first-order valence-corrected chi connectivity index (χ1v) is 7.22. The molecule has 2 aliphatic heterocycles. The molecule has 1 aromatic heterocycles. The monoisotopic (exact) mass is 283 g/mol. The summed E-state index contributed by atoms with van der Waals surface area (Å²) < 4.78 is 5.33. The van der Waals surface area contributed by atoms with E-state index in [1.165, 1.54) is 11.3 Å². The van der Waals surface area contributed by atoms with Crippen molar-refractivity contribution in [2.45, 2.75) is 13.0 Å². The van der Waals surface area contributed by atoms with E-state index in [1.807, 2.05) is 6.92 Å². The molecule has 2 aliphatic rings. The molecule has 0 unspecified atom stereocenters. The SMILES string of the molecule is Cc1nnc(NC(=O)N2CC(N3CCOCC3)C2)s1. The molecule has 0 aromatic carbocycles. The number of hydrogen-bond donors (Lipinski definition) is 1. The number of nitrogens with zero attached hydrogens (tertiary/aromatic N) is 4. The zero-order valence-electron chi connectivity index (χ0n) is 10.8. The second-order valence-corrected chi connectivity index (χ2v) is 5.95. The summed E-state index contributed by atoms with van der Waals surface area (Å²) in [6.07, 6.45) is 0. The van der Waals surface area contributed by atoms with Crippen LogP contribution in [0.15, 0.2) is 0 Å². The van der Waals surface area contributed by atoms with E-state index in [9.17, 15) is 4.79 Å². The number of ether oxygens (including phenoxy) is 1. The number of likely N-dealkylation sites (tertiary alicyclic amines) is 1. The lowest BCUT2D eigenvalue weighted by Gasteiger charge is -2.46. The van der Waals surface area contributed by atoms with Crippen LogP contribution in [0.5, 0.6) is 0 Å². The first-order valence-electron chi connectivity index (χ1n) is 6.40. The van der Waals surface area contributed by atoms with Gasteiger partial charge >= 0.3 is 6.03 Å². The van der Waals surface area contributed by atoms with Crippen LogP contribution in [0.3, 0.4) is 0 Å². The van der Waals surface area contributed by atoms with Gasteiger partial charge in [-0.1, -0.05) is 11.3 Å². The molecule has 3 rings (SSSR count). The van der Waals surface area contributed by atoms with Crippen LogP contribution >= 0.6 is 11.3 Å². The molecule has 1 N–H and O–H groups in total. The van der Waals surface area contributed by atoms with Crippen molar-refractivity contribution in [1.29, 1.82) is 0 Å². The van der Waals surface area contributed by atoms with E-state index in [0.29, 0.717) is 11.2 Å². The number of aromatic nitrogens is 2. The predicted octanol–water partition coefficient (Wildman–Crippen LogP) is 0.395. The molecule has 0 bridgehead atoms. The van der Waals surface area contributed by atoms with E-state index in [0.717, 1.165) is 44.4 Å². The molecule has 2 fully saturated rings. The summed E-state index contributed by atoms with van der Waals surface area (Å²) >= 11 is 1.39. The van der Waals surface area contributed by atoms with Crippen molar-refractivity contribution >= 4 is 22.5 Å². The summed E-state index contributed by atoms with van der Waals surface area (Å²) in [7, 11) is 0. The van der Waals surface area contributed by atoms with Crippen LogP contribution in [0.1, 0.15) is 5.01 Å². The number of anilines is 1. The predicted molar refractivity (Wildman–Crippen MR) is 71.4 cm³/mol. The van der Waals surface area contributed by atoms with Crippen molar-refractivity contribution in [2.24, 2.45) is 0 Å². The van der Waals surface area contributed by atoms with Gasteiger partial charge in [0.2, 0.25) is 5.13 Å². The van der Waals surface area contributed by atoms with Crippen LogP contribution in [0.2, 0.25) is 0 Å². The highest BCUT2D eigenvalue weighted by Gasteiger charge is 2.35. The Kier molecular flexibility index (Phi) is 3.63. The van der Waals surface area contributed by atoms with E-state index in [4.69, 9.17) is 4.74 Å². The van der Waals surface area contributed by atoms with Gasteiger partial charge in [-0.3, -0.25) is 10.2 Å². The lowest BCUT2D eigenvalue weighted by Crippen LogP contribution is -2.63. The summed E-state index contributed by atoms with van der Waals surface area (Å²) in [5, 5.41) is 12.0. The Labute approximate surface area is 115 Å². The van der Waals surface area contributed by atoms with Gasteiger partial charge in [0.15, 0.2) is 0 Å². The van der Waals surface area contributed by atoms with E-state index >= 15 is 0 Å². The average molecular weight is 283 g/mol. The molecule has 0 radical (unpaired) electrons. The Morgan fingerprint density at radius 2 is 2.11 bits per heavy atom. The second-order valence-electron chi connectivity index (χ2n) is 4.76. The molecule has 1 aromatic rings. The maximum Gasteiger partial charge on any atom is 0.323 e. The number of nitrogens with one attached hydrogen (secondary N) is 1. The second kappa shape index (κ2) is 5.40. The number of carbonyl (C=O) groups is 1. The van der Waals surface area contributed by atoms with Crippen LogP contribution in [-0.4, -0.2) is 71.5 Å². The number of urea groups is 1. The molecule has 8 heteroatoms. The summed E-state index contributed by atoms with van der Waals surface area (Å²) in [5.41, 5.74) is 0. The van der Waals surface area contributed by atoms with Crippen molar-refractivity contribution in [3.63, 3.8) is 0 Å². The van der Waals surface area contributed by atoms with Gasteiger partial charge in [-0.05, 0) is 6.92 Å². The first-order chi connectivity index (χ1) is 9.22. The van der Waals surface area contributed by atoms with Crippen molar-refractivity contribution in [3.8, 4) is 0 Å². The van der Waals surface area contributed by atoms with Crippen molar-refractivity contribution in [2.75, 3.05) is 44.7 Å². The van der Waals surface area contributed by atoms with E-state index < -0.39 is 0 Å². The topological polar surface area (TPSA) is 70.6 Å². The standard InChI is InChI=1S/C11H17N5O2S/c1-8-13-14-10(19-8)12-11(17)16-6-9(7-16)15-2-4-18-5-3-15/h9H,2-7H2,1H3,(H,12,14,17). The summed E-state index contributed by atoms with van der Waals surface area (Å²) in [6, 6.07) is 0.395. The maximum absolute atomic E-state index is 11.9. The minimum atomic E-state index is -0.0827. The third kappa shape index (κ3) is 2.85. The van der Waals surface area contributed by atoms with Crippen LogP contribution < -0.4 is 5.32 Å². The molecular weight excluding hydrogens is 266 g/mol. The lowest BCUT2D eigenvalue weighted by molar-refractivity contribution is -0.0189. The number of amides is 2. The van der Waals surface area contributed by atoms with E-state index in [-0.39, 0.29) is 6.03 Å². The zero-order valence-corrected chi connectivity index (χ0v) is 11.7. The fourth-order valence-electron chi connectivity index (χ4n) is 2.31. The molecule has 7 nitrogen and oxygen atoms in total. The number of carbonyl (C=O) groups excluding carboxylic acids is 1. The molecule has 0 saturated carbocycles. The molecule has 0 aliphatic carbocycles. The Morgan fingerprint density at radius 1 is 1.37 bits per heavy atom. The number of rotatable bonds is 2. The van der Waals surface area contributed by atoms with Crippen LogP contribution in [0, 0.1) is 6.92 Å². The molecule has 104 valence electrons. The molecule has 2 amide bonds. The van der Waals surface area contributed by atoms with Crippen molar-refractivity contribution in [1.82, 2.24) is 20.0 Å². The molecular formula is C11H17N5O2S.